The molecule has 0 heterocycles. The maximum absolute atomic E-state index is 13.2. The first-order chi connectivity index (χ1) is 14.3. The molecule has 0 unspecified atom stereocenters. The van der Waals surface area contributed by atoms with Crippen LogP contribution in [0, 0.1) is 0 Å². The van der Waals surface area contributed by atoms with Crippen molar-refractivity contribution in [3.8, 4) is 0 Å². The quantitative estimate of drug-likeness (QED) is 0.449. The normalized spacial score (nSPS) is 12.8. The molecule has 0 bridgehead atoms. The number of carbonyl (C=O) groups is 2. The fraction of sp³-hybridized carbons (Fsp3) is 0.391. The lowest BCUT2D eigenvalue weighted by Crippen LogP contribution is -2.51. The largest absolute Gasteiger partial charge is 0.352 e. The number of benzene rings is 2. The lowest BCUT2D eigenvalue weighted by Gasteiger charge is -2.31. The second-order valence-corrected chi connectivity index (χ2v) is 8.99. The summed E-state index contributed by atoms with van der Waals surface area (Å²) in [5.41, 5.74) is 0.818. The van der Waals surface area contributed by atoms with E-state index in [1.807, 2.05) is 51.1 Å². The minimum absolute atomic E-state index is 0.0484. The Labute approximate surface area is 193 Å². The minimum Gasteiger partial charge on any atom is -0.352 e. The molecule has 30 heavy (non-hydrogen) atoms. The molecule has 2 aromatic carbocycles. The monoisotopic (exact) mass is 466 g/mol. The van der Waals surface area contributed by atoms with Gasteiger partial charge in [-0.05, 0) is 55.7 Å². The fourth-order valence-electron chi connectivity index (χ4n) is 2.93. The predicted molar refractivity (Wildman–Crippen MR) is 126 cm³/mol. The van der Waals surface area contributed by atoms with Crippen LogP contribution in [0.5, 0.6) is 0 Å². The lowest BCUT2D eigenvalue weighted by atomic mass is 10.1. The van der Waals surface area contributed by atoms with E-state index in [-0.39, 0.29) is 30.2 Å². The summed E-state index contributed by atoms with van der Waals surface area (Å²) in [4.78, 5) is 28.7. The van der Waals surface area contributed by atoms with Crippen molar-refractivity contribution in [2.75, 3.05) is 5.75 Å². The molecule has 0 aliphatic rings. The Kier molecular flexibility index (Phi) is 10.0. The van der Waals surface area contributed by atoms with Crippen molar-refractivity contribution in [2.45, 2.75) is 57.1 Å². The molecular formula is C23H28Cl2N2O2S. The molecule has 162 valence electrons. The molecule has 4 nitrogen and oxygen atoms in total. The van der Waals surface area contributed by atoms with E-state index in [4.69, 9.17) is 23.2 Å². The molecule has 0 saturated carbocycles. The van der Waals surface area contributed by atoms with Crippen LogP contribution in [0.2, 0.25) is 10.0 Å². The fourth-order valence-corrected chi connectivity index (χ4v) is 4.04. The van der Waals surface area contributed by atoms with Crippen molar-refractivity contribution in [1.82, 2.24) is 10.2 Å². The molecule has 0 radical (unpaired) electrons. The predicted octanol–water partition coefficient (Wildman–Crippen LogP) is 5.81. The highest BCUT2D eigenvalue weighted by Crippen LogP contribution is 2.24. The summed E-state index contributed by atoms with van der Waals surface area (Å²) < 4.78 is 0. The highest BCUT2D eigenvalue weighted by molar-refractivity contribution is 8.00. The van der Waals surface area contributed by atoms with Gasteiger partial charge in [0.05, 0.1) is 5.75 Å². The van der Waals surface area contributed by atoms with Gasteiger partial charge in [-0.3, -0.25) is 9.59 Å². The summed E-state index contributed by atoms with van der Waals surface area (Å²) in [5.74, 6) is -0.0242. The number of nitrogens with one attached hydrogen (secondary N) is 1. The maximum atomic E-state index is 13.2. The number of hydrogen-bond acceptors (Lipinski definition) is 3. The van der Waals surface area contributed by atoms with Crippen LogP contribution in [0.3, 0.4) is 0 Å². The number of thioether (sulfide) groups is 1. The summed E-state index contributed by atoms with van der Waals surface area (Å²) in [5, 5.41) is 4.24. The van der Waals surface area contributed by atoms with Gasteiger partial charge in [0.25, 0.3) is 0 Å². The Morgan fingerprint density at radius 1 is 1.03 bits per heavy atom. The smallest absolute Gasteiger partial charge is 0.243 e. The summed E-state index contributed by atoms with van der Waals surface area (Å²) in [6, 6.07) is 14.2. The average molecular weight is 467 g/mol. The first-order valence-corrected chi connectivity index (χ1v) is 11.8. The first-order valence-electron chi connectivity index (χ1n) is 10.1. The maximum Gasteiger partial charge on any atom is 0.243 e. The zero-order valence-corrected chi connectivity index (χ0v) is 19.9. The van der Waals surface area contributed by atoms with Gasteiger partial charge in [0.15, 0.2) is 0 Å². The third-order valence-corrected chi connectivity index (χ3v) is 6.48. The molecule has 0 spiro atoms. The van der Waals surface area contributed by atoms with E-state index in [0.29, 0.717) is 16.5 Å². The van der Waals surface area contributed by atoms with Gasteiger partial charge in [-0.1, -0.05) is 55.2 Å². The minimum atomic E-state index is -0.561. The van der Waals surface area contributed by atoms with Gasteiger partial charge in [0, 0.05) is 27.5 Å². The van der Waals surface area contributed by atoms with Crippen LogP contribution < -0.4 is 5.32 Å². The van der Waals surface area contributed by atoms with Crippen molar-refractivity contribution >= 4 is 46.8 Å². The van der Waals surface area contributed by atoms with E-state index in [2.05, 4.69) is 5.32 Å². The van der Waals surface area contributed by atoms with E-state index in [1.165, 1.54) is 11.8 Å². The average Bonchev–Trinajstić information content (AvgIpc) is 2.74. The highest BCUT2D eigenvalue weighted by atomic mass is 35.5. The molecule has 7 heteroatoms. The third-order valence-electron chi connectivity index (χ3n) is 4.86. The molecule has 0 aliphatic carbocycles. The molecule has 1 N–H and O–H groups in total. The van der Waals surface area contributed by atoms with Gasteiger partial charge in [0.1, 0.15) is 6.04 Å². The summed E-state index contributed by atoms with van der Waals surface area (Å²) in [6.07, 6.45) is 1.34. The molecule has 2 atom stereocenters. The van der Waals surface area contributed by atoms with Crippen LogP contribution in [0.4, 0.5) is 0 Å². The molecule has 2 amide bonds. The Hall–Kier alpha value is -1.69. The van der Waals surface area contributed by atoms with E-state index in [0.717, 1.165) is 16.9 Å². The second kappa shape index (κ2) is 12.2. The van der Waals surface area contributed by atoms with Crippen molar-refractivity contribution in [2.24, 2.45) is 0 Å². The van der Waals surface area contributed by atoms with Gasteiger partial charge in [-0.25, -0.2) is 0 Å². The Balaban J connectivity index is 2.21. The number of carbonyl (C=O) groups excluding carboxylic acids is 2. The van der Waals surface area contributed by atoms with Crippen LogP contribution in [0.1, 0.15) is 39.2 Å². The number of nitrogens with zero attached hydrogens (tertiary/aromatic N) is 1. The Morgan fingerprint density at radius 2 is 1.70 bits per heavy atom. The number of halogens is 2. The van der Waals surface area contributed by atoms with Crippen molar-refractivity contribution in [3.63, 3.8) is 0 Å². The second-order valence-electron chi connectivity index (χ2n) is 7.10. The molecule has 0 fully saturated rings. The number of hydrogen-bond donors (Lipinski definition) is 1. The van der Waals surface area contributed by atoms with Gasteiger partial charge < -0.3 is 10.2 Å². The summed E-state index contributed by atoms with van der Waals surface area (Å²) in [6.45, 7) is 6.18. The van der Waals surface area contributed by atoms with E-state index in [1.54, 1.807) is 23.1 Å². The molecule has 2 rings (SSSR count). The SMILES string of the molecule is CC[C@@H](C)NC(=O)[C@@H](CC)N(Cc1ccccc1Cl)C(=O)CSc1ccc(Cl)cc1. The Bertz CT molecular complexity index is 845. The first kappa shape index (κ1) is 24.6. The topological polar surface area (TPSA) is 49.4 Å². The van der Waals surface area contributed by atoms with Crippen LogP contribution in [0.15, 0.2) is 53.4 Å². The highest BCUT2D eigenvalue weighted by Gasteiger charge is 2.29. The number of rotatable bonds is 10. The zero-order valence-electron chi connectivity index (χ0n) is 17.5. The van der Waals surface area contributed by atoms with E-state index < -0.39 is 6.04 Å². The van der Waals surface area contributed by atoms with Crippen molar-refractivity contribution < 1.29 is 9.59 Å². The zero-order chi connectivity index (χ0) is 22.1. The van der Waals surface area contributed by atoms with Gasteiger partial charge >= 0.3 is 0 Å². The van der Waals surface area contributed by atoms with Crippen LogP contribution in [0.25, 0.3) is 0 Å². The Morgan fingerprint density at radius 3 is 2.30 bits per heavy atom. The standard InChI is InChI=1S/C23H28Cl2N2O2S/c1-4-16(3)26-23(29)21(5-2)27(14-17-8-6-7-9-20(17)25)22(28)15-30-19-12-10-18(24)11-13-19/h6-13,16,21H,4-5,14-15H2,1-3H3,(H,26,29)/t16-,21-/m1/s1. The molecular weight excluding hydrogens is 439 g/mol. The van der Waals surface area contributed by atoms with Crippen LogP contribution in [-0.4, -0.2) is 34.6 Å². The van der Waals surface area contributed by atoms with Crippen molar-refractivity contribution in [3.05, 3.63) is 64.1 Å². The lowest BCUT2D eigenvalue weighted by molar-refractivity contribution is -0.139. The van der Waals surface area contributed by atoms with E-state index in [9.17, 15) is 9.59 Å². The third kappa shape index (κ3) is 7.22. The number of amides is 2. The van der Waals surface area contributed by atoms with Gasteiger partial charge in [-0.2, -0.15) is 0 Å². The van der Waals surface area contributed by atoms with Crippen molar-refractivity contribution in [1.29, 1.82) is 0 Å². The molecule has 0 saturated heterocycles. The summed E-state index contributed by atoms with van der Waals surface area (Å²) in [7, 11) is 0. The van der Waals surface area contributed by atoms with Gasteiger partial charge in [-0.15, -0.1) is 11.8 Å². The molecule has 0 aliphatic heterocycles. The van der Waals surface area contributed by atoms with Crippen LogP contribution in [-0.2, 0) is 16.1 Å². The van der Waals surface area contributed by atoms with E-state index >= 15 is 0 Å². The molecule has 0 aromatic heterocycles. The molecule has 2 aromatic rings. The van der Waals surface area contributed by atoms with Gasteiger partial charge in [0.2, 0.25) is 11.8 Å². The van der Waals surface area contributed by atoms with Crippen LogP contribution >= 0.6 is 35.0 Å². The summed E-state index contributed by atoms with van der Waals surface area (Å²) >= 11 is 13.7.